The second kappa shape index (κ2) is 6.11. The van der Waals surface area contributed by atoms with Gasteiger partial charge in [0.25, 0.3) is 0 Å². The Balaban J connectivity index is 1.89. The molecule has 1 aliphatic carbocycles. The fourth-order valence-electron chi connectivity index (χ4n) is 2.44. The van der Waals surface area contributed by atoms with Gasteiger partial charge in [-0.15, -0.1) is 0 Å². The number of nitrogens with zero attached hydrogens (tertiary/aromatic N) is 3. The fraction of sp³-hybridized carbons (Fsp3) is 0.769. The minimum Gasteiger partial charge on any atom is -0.480 e. The van der Waals surface area contributed by atoms with Crippen molar-refractivity contribution in [1.82, 2.24) is 14.7 Å². The molecular weight excluding hydrogens is 262 g/mol. The SMILES string of the molecule is CN(CC(=O)N1CCCC1)C(=O)N(CC(=O)O)C1CC1. The summed E-state index contributed by atoms with van der Waals surface area (Å²) < 4.78 is 0. The predicted octanol–water partition coefficient (Wildman–Crippen LogP) is 0.210. The predicted molar refractivity (Wildman–Crippen MR) is 71.2 cm³/mol. The van der Waals surface area contributed by atoms with Crippen LogP contribution in [-0.4, -0.2) is 77.0 Å². The van der Waals surface area contributed by atoms with Crippen LogP contribution in [0.5, 0.6) is 0 Å². The van der Waals surface area contributed by atoms with E-state index in [2.05, 4.69) is 0 Å². The lowest BCUT2D eigenvalue weighted by Gasteiger charge is -2.28. The van der Waals surface area contributed by atoms with Crippen molar-refractivity contribution in [3.63, 3.8) is 0 Å². The van der Waals surface area contributed by atoms with Crippen molar-refractivity contribution in [2.75, 3.05) is 33.2 Å². The van der Waals surface area contributed by atoms with Gasteiger partial charge < -0.3 is 19.8 Å². The third-order valence-electron chi connectivity index (χ3n) is 3.70. The van der Waals surface area contributed by atoms with Crippen LogP contribution in [0.25, 0.3) is 0 Å². The zero-order valence-corrected chi connectivity index (χ0v) is 11.7. The van der Waals surface area contributed by atoms with Gasteiger partial charge in [0, 0.05) is 26.2 Å². The molecule has 0 unspecified atom stereocenters. The molecule has 1 N–H and O–H groups in total. The van der Waals surface area contributed by atoms with E-state index in [0.717, 1.165) is 38.8 Å². The molecule has 112 valence electrons. The average molecular weight is 283 g/mol. The molecule has 2 aliphatic rings. The van der Waals surface area contributed by atoms with Crippen LogP contribution >= 0.6 is 0 Å². The van der Waals surface area contributed by atoms with Gasteiger partial charge in [0.15, 0.2) is 0 Å². The fourth-order valence-corrected chi connectivity index (χ4v) is 2.44. The highest BCUT2D eigenvalue weighted by molar-refractivity contribution is 5.86. The summed E-state index contributed by atoms with van der Waals surface area (Å²) in [6.45, 7) is 1.22. The van der Waals surface area contributed by atoms with Crippen molar-refractivity contribution in [1.29, 1.82) is 0 Å². The lowest BCUT2D eigenvalue weighted by Crippen LogP contribution is -2.48. The van der Waals surface area contributed by atoms with E-state index < -0.39 is 5.97 Å². The molecule has 2 rings (SSSR count). The maximum Gasteiger partial charge on any atom is 0.323 e. The molecule has 3 amide bonds. The van der Waals surface area contributed by atoms with Crippen LogP contribution in [0.4, 0.5) is 4.79 Å². The van der Waals surface area contributed by atoms with Gasteiger partial charge in [0.05, 0.1) is 0 Å². The highest BCUT2D eigenvalue weighted by Gasteiger charge is 2.36. The zero-order valence-electron chi connectivity index (χ0n) is 11.7. The van der Waals surface area contributed by atoms with Crippen molar-refractivity contribution in [2.24, 2.45) is 0 Å². The molecule has 0 radical (unpaired) electrons. The van der Waals surface area contributed by atoms with Gasteiger partial charge in [-0.1, -0.05) is 0 Å². The summed E-state index contributed by atoms with van der Waals surface area (Å²) in [6.07, 6.45) is 3.70. The number of likely N-dealkylation sites (N-methyl/N-ethyl adjacent to an activating group) is 1. The molecule has 1 saturated heterocycles. The molecule has 0 spiro atoms. The largest absolute Gasteiger partial charge is 0.480 e. The monoisotopic (exact) mass is 283 g/mol. The molecule has 7 nitrogen and oxygen atoms in total. The standard InChI is InChI=1S/C13H21N3O4/c1-14(8-11(17)15-6-2-3-7-15)13(20)16(9-12(18)19)10-4-5-10/h10H,2-9H2,1H3,(H,18,19). The summed E-state index contributed by atoms with van der Waals surface area (Å²) in [4.78, 5) is 39.4. The van der Waals surface area contributed by atoms with Crippen LogP contribution in [0.15, 0.2) is 0 Å². The number of amides is 3. The number of hydrogen-bond donors (Lipinski definition) is 1. The summed E-state index contributed by atoms with van der Waals surface area (Å²) in [7, 11) is 1.55. The third-order valence-corrected chi connectivity index (χ3v) is 3.70. The summed E-state index contributed by atoms with van der Waals surface area (Å²) in [5.41, 5.74) is 0. The second-order valence-corrected chi connectivity index (χ2v) is 5.48. The number of urea groups is 1. The molecule has 0 bridgehead atoms. The van der Waals surface area contributed by atoms with Gasteiger partial charge in [-0.05, 0) is 25.7 Å². The second-order valence-electron chi connectivity index (χ2n) is 5.48. The molecular formula is C13H21N3O4. The van der Waals surface area contributed by atoms with Gasteiger partial charge >= 0.3 is 12.0 Å². The van der Waals surface area contributed by atoms with E-state index in [-0.39, 0.29) is 31.1 Å². The lowest BCUT2D eigenvalue weighted by atomic mass is 10.4. The Morgan fingerprint density at radius 2 is 1.75 bits per heavy atom. The van der Waals surface area contributed by atoms with E-state index in [4.69, 9.17) is 5.11 Å². The molecule has 1 heterocycles. The van der Waals surface area contributed by atoms with Crippen molar-refractivity contribution in [3.8, 4) is 0 Å². The van der Waals surface area contributed by atoms with Crippen LogP contribution in [0.2, 0.25) is 0 Å². The van der Waals surface area contributed by atoms with E-state index >= 15 is 0 Å². The molecule has 20 heavy (non-hydrogen) atoms. The highest BCUT2D eigenvalue weighted by Crippen LogP contribution is 2.27. The number of aliphatic carboxylic acids is 1. The Bertz CT molecular complexity index is 402. The maximum absolute atomic E-state index is 12.2. The minimum atomic E-state index is -1.02. The van der Waals surface area contributed by atoms with E-state index in [1.54, 1.807) is 11.9 Å². The summed E-state index contributed by atoms with van der Waals surface area (Å²) >= 11 is 0. The molecule has 2 fully saturated rings. The first-order valence-electron chi connectivity index (χ1n) is 7.00. The molecule has 0 aromatic rings. The molecule has 1 aliphatic heterocycles. The van der Waals surface area contributed by atoms with Crippen LogP contribution in [0.1, 0.15) is 25.7 Å². The van der Waals surface area contributed by atoms with E-state index in [1.165, 1.54) is 9.80 Å². The van der Waals surface area contributed by atoms with Gasteiger partial charge in [-0.2, -0.15) is 0 Å². The number of carboxylic acid groups (broad SMARTS) is 1. The summed E-state index contributed by atoms with van der Waals surface area (Å²) in [5, 5.41) is 8.86. The molecule has 0 aromatic carbocycles. The van der Waals surface area contributed by atoms with Crippen LogP contribution < -0.4 is 0 Å². The Morgan fingerprint density at radius 1 is 1.15 bits per heavy atom. The normalized spacial score (nSPS) is 17.9. The van der Waals surface area contributed by atoms with Crippen molar-refractivity contribution < 1.29 is 19.5 Å². The third kappa shape index (κ3) is 3.61. The van der Waals surface area contributed by atoms with Gasteiger partial charge in [0.2, 0.25) is 5.91 Å². The number of carbonyl (C=O) groups is 3. The number of hydrogen-bond acceptors (Lipinski definition) is 3. The first-order valence-corrected chi connectivity index (χ1v) is 7.00. The van der Waals surface area contributed by atoms with E-state index in [1.807, 2.05) is 0 Å². The Kier molecular flexibility index (Phi) is 4.46. The lowest BCUT2D eigenvalue weighted by molar-refractivity contribution is -0.137. The topological polar surface area (TPSA) is 81.2 Å². The number of carboxylic acids is 1. The van der Waals surface area contributed by atoms with E-state index in [9.17, 15) is 14.4 Å². The van der Waals surface area contributed by atoms with Crippen molar-refractivity contribution in [3.05, 3.63) is 0 Å². The highest BCUT2D eigenvalue weighted by atomic mass is 16.4. The van der Waals surface area contributed by atoms with Crippen molar-refractivity contribution >= 4 is 17.9 Å². The van der Waals surface area contributed by atoms with Crippen LogP contribution in [-0.2, 0) is 9.59 Å². The van der Waals surface area contributed by atoms with E-state index in [0.29, 0.717) is 0 Å². The molecule has 7 heteroatoms. The van der Waals surface area contributed by atoms with Crippen LogP contribution in [0.3, 0.4) is 0 Å². The minimum absolute atomic E-state index is 0.0155. The molecule has 0 atom stereocenters. The number of rotatable bonds is 5. The van der Waals surface area contributed by atoms with Gasteiger partial charge in [-0.3, -0.25) is 9.59 Å². The zero-order chi connectivity index (χ0) is 14.7. The first kappa shape index (κ1) is 14.6. The van der Waals surface area contributed by atoms with Gasteiger partial charge in [-0.25, -0.2) is 4.79 Å². The average Bonchev–Trinajstić information content (AvgIpc) is 3.08. The number of likely N-dealkylation sites (tertiary alicyclic amines) is 1. The summed E-state index contributed by atoms with van der Waals surface area (Å²) in [6, 6.07) is -0.356. The smallest absolute Gasteiger partial charge is 0.323 e. The van der Waals surface area contributed by atoms with Crippen LogP contribution in [0, 0.1) is 0 Å². The van der Waals surface area contributed by atoms with Crippen molar-refractivity contribution in [2.45, 2.75) is 31.7 Å². The quantitative estimate of drug-likeness (QED) is 0.782. The summed E-state index contributed by atoms with van der Waals surface area (Å²) in [5.74, 6) is -1.09. The first-order chi connectivity index (χ1) is 9.49. The Labute approximate surface area is 118 Å². The molecule has 0 aromatic heterocycles. The molecule has 1 saturated carbocycles. The number of carbonyl (C=O) groups excluding carboxylic acids is 2. The Hall–Kier alpha value is -1.79. The Morgan fingerprint density at radius 3 is 2.25 bits per heavy atom. The van der Waals surface area contributed by atoms with Gasteiger partial charge in [0.1, 0.15) is 13.1 Å². The maximum atomic E-state index is 12.2.